The molecule has 2 atom stereocenters. The Morgan fingerprint density at radius 2 is 1.95 bits per heavy atom. The van der Waals surface area contributed by atoms with Crippen molar-refractivity contribution >= 4 is 11.6 Å². The Balaban J connectivity index is 1.81. The zero-order chi connectivity index (χ0) is 14.6. The van der Waals surface area contributed by atoms with Crippen LogP contribution in [0.5, 0.6) is 0 Å². The van der Waals surface area contributed by atoms with Crippen LogP contribution in [-0.2, 0) is 4.79 Å². The third-order valence-electron chi connectivity index (χ3n) is 4.98. The van der Waals surface area contributed by atoms with Crippen molar-refractivity contribution in [2.24, 2.45) is 11.0 Å². The quantitative estimate of drug-likeness (QED) is 0.793. The van der Waals surface area contributed by atoms with Gasteiger partial charge in [-0.25, -0.2) is 9.40 Å². The van der Waals surface area contributed by atoms with Crippen molar-refractivity contribution in [2.45, 2.75) is 31.8 Å². The molecule has 2 bridgehead atoms. The molecular weight excluding hydrogens is 269 g/mol. The van der Waals surface area contributed by atoms with Crippen LogP contribution in [0.4, 0.5) is 4.39 Å². The summed E-state index contributed by atoms with van der Waals surface area (Å²) in [6, 6.07) is 6.48. The number of hydrazone groups is 1. The van der Waals surface area contributed by atoms with Gasteiger partial charge in [-0.2, -0.15) is 5.10 Å². The molecular formula is C16H18FN3O. The summed E-state index contributed by atoms with van der Waals surface area (Å²) in [4.78, 5) is 14.4. The lowest BCUT2D eigenvalue weighted by atomic mass is 9.78. The number of carbonyl (C=O) groups excluding carboxylic acids is 1. The second-order valence-corrected chi connectivity index (χ2v) is 6.11. The molecule has 5 heteroatoms. The van der Waals surface area contributed by atoms with Crippen LogP contribution in [-0.4, -0.2) is 40.7 Å². The molecule has 0 aromatic heterocycles. The summed E-state index contributed by atoms with van der Waals surface area (Å²) in [5, 5.41) is 6.08. The van der Waals surface area contributed by atoms with Crippen molar-refractivity contribution in [3.05, 3.63) is 35.6 Å². The molecule has 21 heavy (non-hydrogen) atoms. The van der Waals surface area contributed by atoms with Crippen LogP contribution in [0.15, 0.2) is 29.4 Å². The predicted molar refractivity (Wildman–Crippen MR) is 77.2 cm³/mol. The van der Waals surface area contributed by atoms with Gasteiger partial charge in [0.2, 0.25) is 5.91 Å². The fourth-order valence-corrected chi connectivity index (χ4v) is 4.01. The molecule has 3 saturated heterocycles. The van der Waals surface area contributed by atoms with Crippen molar-refractivity contribution < 1.29 is 9.18 Å². The maximum Gasteiger partial charge on any atom is 0.240 e. The van der Waals surface area contributed by atoms with Crippen LogP contribution in [0, 0.1) is 11.7 Å². The summed E-state index contributed by atoms with van der Waals surface area (Å²) < 4.78 is 14.3. The van der Waals surface area contributed by atoms with Crippen molar-refractivity contribution in [1.29, 1.82) is 0 Å². The lowest BCUT2D eigenvalue weighted by Gasteiger charge is -2.46. The molecule has 110 valence electrons. The van der Waals surface area contributed by atoms with Crippen molar-refractivity contribution in [3.8, 4) is 0 Å². The summed E-state index contributed by atoms with van der Waals surface area (Å²) >= 11 is 0. The van der Waals surface area contributed by atoms with E-state index in [0.29, 0.717) is 11.5 Å². The number of piperidine rings is 3. The molecule has 4 aliphatic rings. The minimum Gasteiger partial charge on any atom is -0.293 e. The molecule has 0 radical (unpaired) electrons. The summed E-state index contributed by atoms with van der Waals surface area (Å²) in [5.41, 5.74) is 1.65. The van der Waals surface area contributed by atoms with E-state index in [2.05, 4.69) is 10.0 Å². The van der Waals surface area contributed by atoms with E-state index < -0.39 is 0 Å². The average molecular weight is 287 g/mol. The highest BCUT2D eigenvalue weighted by Gasteiger charge is 2.51. The molecule has 2 unspecified atom stereocenters. The Kier molecular flexibility index (Phi) is 2.85. The van der Waals surface area contributed by atoms with Crippen LogP contribution in [0.25, 0.3) is 0 Å². The normalized spacial score (nSPS) is 33.8. The third kappa shape index (κ3) is 1.83. The summed E-state index contributed by atoms with van der Waals surface area (Å²) in [6.07, 6.45) is 2.20. The molecule has 4 nitrogen and oxygen atoms in total. The Morgan fingerprint density at radius 1 is 1.24 bits per heavy atom. The minimum atomic E-state index is -0.318. The highest BCUT2D eigenvalue weighted by molar-refractivity contribution is 5.97. The first kappa shape index (κ1) is 13.0. The van der Waals surface area contributed by atoms with E-state index in [0.717, 1.165) is 31.6 Å². The maximum absolute atomic E-state index is 14.3. The minimum absolute atomic E-state index is 0.0540. The molecule has 0 N–H and O–H groups in total. The molecule has 1 aromatic rings. The van der Waals surface area contributed by atoms with Crippen LogP contribution in [0.3, 0.4) is 0 Å². The topological polar surface area (TPSA) is 35.9 Å². The van der Waals surface area contributed by atoms with Crippen LogP contribution >= 0.6 is 0 Å². The molecule has 4 aliphatic heterocycles. The summed E-state index contributed by atoms with van der Waals surface area (Å²) in [5.74, 6) is 0.0808. The van der Waals surface area contributed by atoms with E-state index in [9.17, 15) is 9.18 Å². The maximum atomic E-state index is 14.3. The number of hydrogen-bond donors (Lipinski definition) is 0. The van der Waals surface area contributed by atoms with Crippen LogP contribution < -0.4 is 0 Å². The van der Waals surface area contributed by atoms with E-state index >= 15 is 0 Å². The van der Waals surface area contributed by atoms with Gasteiger partial charge in [-0.05, 0) is 32.0 Å². The van der Waals surface area contributed by atoms with E-state index in [4.69, 9.17) is 0 Å². The Morgan fingerprint density at radius 3 is 2.62 bits per heavy atom. The van der Waals surface area contributed by atoms with Gasteiger partial charge in [0.25, 0.3) is 0 Å². The third-order valence-corrected chi connectivity index (χ3v) is 4.98. The molecule has 1 aromatic carbocycles. The van der Waals surface area contributed by atoms with E-state index in [-0.39, 0.29) is 23.8 Å². The van der Waals surface area contributed by atoms with Gasteiger partial charge < -0.3 is 0 Å². The second kappa shape index (κ2) is 4.63. The number of halogens is 1. The van der Waals surface area contributed by atoms with Gasteiger partial charge >= 0.3 is 0 Å². The Hall–Kier alpha value is -1.75. The SMILES string of the molecule is CC(=O)N1N=C2C3CCN(CC3)C2C1c1ccccc1F. The summed E-state index contributed by atoms with van der Waals surface area (Å²) in [6.45, 7) is 3.54. The molecule has 3 fully saturated rings. The predicted octanol–water partition coefficient (Wildman–Crippen LogP) is 2.18. The summed E-state index contributed by atoms with van der Waals surface area (Å²) in [7, 11) is 0. The van der Waals surface area contributed by atoms with Gasteiger partial charge in [-0.15, -0.1) is 0 Å². The fraction of sp³-hybridized carbons (Fsp3) is 0.500. The standard InChI is InChI=1S/C16H18FN3O/c1-10(21)20-15(12-4-2-3-5-13(12)17)16-14(18-20)11-6-8-19(16)9-7-11/h2-5,11,15-16H,6-9H2,1H3. The Bertz CT molecular complexity index is 622. The van der Waals surface area contributed by atoms with Crippen molar-refractivity contribution in [2.75, 3.05) is 13.1 Å². The van der Waals surface area contributed by atoms with E-state index in [1.54, 1.807) is 12.1 Å². The van der Waals surface area contributed by atoms with Crippen LogP contribution in [0.2, 0.25) is 0 Å². The lowest BCUT2D eigenvalue weighted by Crippen LogP contribution is -2.56. The Labute approximate surface area is 123 Å². The van der Waals surface area contributed by atoms with Crippen molar-refractivity contribution in [1.82, 2.24) is 9.91 Å². The second-order valence-electron chi connectivity index (χ2n) is 6.11. The number of carbonyl (C=O) groups is 1. The van der Waals surface area contributed by atoms with Crippen LogP contribution in [0.1, 0.15) is 31.4 Å². The molecule has 0 spiro atoms. The number of benzene rings is 1. The molecule has 4 heterocycles. The first-order valence-electron chi connectivity index (χ1n) is 7.53. The van der Waals surface area contributed by atoms with Gasteiger partial charge in [-0.3, -0.25) is 9.69 Å². The number of hydrogen-bond acceptors (Lipinski definition) is 3. The zero-order valence-corrected chi connectivity index (χ0v) is 12.0. The van der Waals surface area contributed by atoms with E-state index in [1.165, 1.54) is 18.0 Å². The highest BCUT2D eigenvalue weighted by atomic mass is 19.1. The first-order valence-corrected chi connectivity index (χ1v) is 7.53. The zero-order valence-electron chi connectivity index (χ0n) is 12.0. The van der Waals surface area contributed by atoms with Gasteiger partial charge in [0.15, 0.2) is 0 Å². The largest absolute Gasteiger partial charge is 0.293 e. The smallest absolute Gasteiger partial charge is 0.240 e. The van der Waals surface area contributed by atoms with Gasteiger partial charge in [0, 0.05) is 18.4 Å². The molecule has 0 saturated carbocycles. The number of rotatable bonds is 1. The average Bonchev–Trinajstić information content (AvgIpc) is 2.91. The van der Waals surface area contributed by atoms with Crippen molar-refractivity contribution in [3.63, 3.8) is 0 Å². The number of nitrogens with zero attached hydrogens (tertiary/aromatic N) is 3. The van der Waals surface area contributed by atoms with Gasteiger partial charge in [-0.1, -0.05) is 18.2 Å². The van der Waals surface area contributed by atoms with Gasteiger partial charge in [0.05, 0.1) is 11.8 Å². The van der Waals surface area contributed by atoms with E-state index in [1.807, 2.05) is 6.07 Å². The highest BCUT2D eigenvalue weighted by Crippen LogP contribution is 2.43. The molecule has 1 amide bonds. The number of amides is 1. The monoisotopic (exact) mass is 287 g/mol. The fourth-order valence-electron chi connectivity index (χ4n) is 4.01. The van der Waals surface area contributed by atoms with Gasteiger partial charge in [0.1, 0.15) is 11.9 Å². The molecule has 5 rings (SSSR count). The first-order chi connectivity index (χ1) is 10.2. The molecule has 0 aliphatic carbocycles. The number of fused-ring (bicyclic) bond motifs is 2. The lowest BCUT2D eigenvalue weighted by molar-refractivity contribution is -0.131.